The maximum atomic E-state index is 12.1. The van der Waals surface area contributed by atoms with Crippen LogP contribution in [0, 0.1) is 11.8 Å². The first kappa shape index (κ1) is 14.5. The zero-order chi connectivity index (χ0) is 13.6. The highest BCUT2D eigenvalue weighted by molar-refractivity contribution is 6.19. The van der Waals surface area contributed by atoms with E-state index < -0.39 is 12.8 Å². The van der Waals surface area contributed by atoms with Crippen molar-refractivity contribution >= 4 is 11.6 Å². The second-order valence-corrected chi connectivity index (χ2v) is 3.47. The molecule has 0 aliphatic heterocycles. The highest BCUT2D eigenvalue weighted by Crippen LogP contribution is 2.25. The summed E-state index contributed by atoms with van der Waals surface area (Å²) in [6, 6.07) is 4.37. The summed E-state index contributed by atoms with van der Waals surface area (Å²) in [5.74, 6) is 5.78. The Morgan fingerprint density at radius 1 is 1.33 bits per heavy atom. The Bertz CT molecular complexity index is 461. The number of rotatable bonds is 3. The molecular formula is C12H10ClF3O2. The first-order valence-corrected chi connectivity index (χ1v) is 5.42. The monoisotopic (exact) mass is 278 g/mol. The summed E-state index contributed by atoms with van der Waals surface area (Å²) >= 11 is 5.40. The fourth-order valence-corrected chi connectivity index (χ4v) is 1.21. The number of ether oxygens (including phenoxy) is 2. The number of alkyl halides is 4. The van der Waals surface area contributed by atoms with E-state index in [-0.39, 0.29) is 11.6 Å². The Balaban J connectivity index is 2.95. The van der Waals surface area contributed by atoms with Gasteiger partial charge in [0.2, 0.25) is 0 Å². The molecule has 98 valence electrons. The lowest BCUT2D eigenvalue weighted by Gasteiger charge is -2.11. The van der Waals surface area contributed by atoms with Crippen LogP contribution in [0.25, 0.3) is 0 Å². The predicted molar refractivity (Wildman–Crippen MR) is 62.1 cm³/mol. The number of benzene rings is 1. The molecule has 2 nitrogen and oxygen atoms in total. The van der Waals surface area contributed by atoms with Gasteiger partial charge in [-0.1, -0.05) is 11.8 Å². The van der Waals surface area contributed by atoms with Crippen LogP contribution in [0.4, 0.5) is 13.2 Å². The van der Waals surface area contributed by atoms with E-state index in [4.69, 9.17) is 16.3 Å². The van der Waals surface area contributed by atoms with Crippen molar-refractivity contribution in [1.29, 1.82) is 0 Å². The minimum atomic E-state index is -4.39. The average Bonchev–Trinajstić information content (AvgIpc) is 2.33. The lowest BCUT2D eigenvalue weighted by atomic mass is 10.2. The van der Waals surface area contributed by atoms with Gasteiger partial charge in [-0.2, -0.15) is 13.2 Å². The third kappa shape index (κ3) is 4.76. The first-order valence-electron chi connectivity index (χ1n) is 4.88. The van der Waals surface area contributed by atoms with Crippen LogP contribution in [0.2, 0.25) is 0 Å². The Morgan fingerprint density at radius 2 is 2.06 bits per heavy atom. The van der Waals surface area contributed by atoms with Gasteiger partial charge in [-0.3, -0.25) is 0 Å². The average molecular weight is 279 g/mol. The van der Waals surface area contributed by atoms with Gasteiger partial charge in [0.05, 0.1) is 18.6 Å². The molecule has 0 saturated heterocycles. The molecule has 6 heteroatoms. The van der Waals surface area contributed by atoms with Gasteiger partial charge in [0.1, 0.15) is 11.5 Å². The van der Waals surface area contributed by atoms with Crippen molar-refractivity contribution in [2.75, 3.05) is 19.6 Å². The van der Waals surface area contributed by atoms with Crippen LogP contribution >= 0.6 is 11.6 Å². The van der Waals surface area contributed by atoms with E-state index in [2.05, 4.69) is 16.6 Å². The smallest absolute Gasteiger partial charge is 0.422 e. The van der Waals surface area contributed by atoms with E-state index in [1.807, 2.05) is 0 Å². The molecule has 0 N–H and O–H groups in total. The van der Waals surface area contributed by atoms with Gasteiger partial charge in [0.25, 0.3) is 0 Å². The van der Waals surface area contributed by atoms with Gasteiger partial charge < -0.3 is 9.47 Å². The Hall–Kier alpha value is -1.54. The third-order valence-electron chi connectivity index (χ3n) is 1.87. The molecule has 0 aliphatic carbocycles. The van der Waals surface area contributed by atoms with Crippen LogP contribution in [0.1, 0.15) is 5.56 Å². The number of hydrogen-bond donors (Lipinski definition) is 0. The Labute approximate surface area is 108 Å². The summed E-state index contributed by atoms with van der Waals surface area (Å²) in [5.41, 5.74) is 0.305. The van der Waals surface area contributed by atoms with Crippen molar-refractivity contribution < 1.29 is 22.6 Å². The third-order valence-corrected chi connectivity index (χ3v) is 2.00. The molecule has 0 saturated carbocycles. The minimum absolute atomic E-state index is 0.0470. The largest absolute Gasteiger partial charge is 0.497 e. The van der Waals surface area contributed by atoms with Gasteiger partial charge in [0, 0.05) is 0 Å². The highest BCUT2D eigenvalue weighted by Gasteiger charge is 2.28. The molecule has 0 spiro atoms. The van der Waals surface area contributed by atoms with Crippen LogP contribution < -0.4 is 9.47 Å². The van der Waals surface area contributed by atoms with Crippen molar-refractivity contribution in [2.45, 2.75) is 6.18 Å². The molecule has 0 unspecified atom stereocenters. The van der Waals surface area contributed by atoms with Gasteiger partial charge in [-0.25, -0.2) is 0 Å². The van der Waals surface area contributed by atoms with Crippen molar-refractivity contribution in [2.24, 2.45) is 0 Å². The molecule has 1 rings (SSSR count). The number of halogens is 4. The van der Waals surface area contributed by atoms with Crippen molar-refractivity contribution in [3.8, 4) is 23.3 Å². The van der Waals surface area contributed by atoms with E-state index in [0.29, 0.717) is 11.3 Å². The molecule has 0 fully saturated rings. The molecule has 0 aliphatic rings. The second kappa shape index (κ2) is 6.41. The van der Waals surface area contributed by atoms with E-state index in [0.717, 1.165) is 0 Å². The predicted octanol–water partition coefficient (Wildman–Crippen LogP) is 3.23. The SMILES string of the molecule is COc1ccc(OCC(F)(F)F)c(C#CCCl)c1. The maximum Gasteiger partial charge on any atom is 0.422 e. The number of methoxy groups -OCH3 is 1. The van der Waals surface area contributed by atoms with E-state index >= 15 is 0 Å². The lowest BCUT2D eigenvalue weighted by Crippen LogP contribution is -2.19. The lowest BCUT2D eigenvalue weighted by molar-refractivity contribution is -0.153. The van der Waals surface area contributed by atoms with Gasteiger partial charge in [-0.05, 0) is 18.2 Å². The first-order chi connectivity index (χ1) is 8.46. The fraction of sp³-hybridized carbons (Fsp3) is 0.333. The van der Waals surface area contributed by atoms with Gasteiger partial charge in [-0.15, -0.1) is 11.6 Å². The molecule has 0 amide bonds. The molecule has 0 bridgehead atoms. The van der Waals surface area contributed by atoms with Crippen LogP contribution in [-0.4, -0.2) is 25.8 Å². The molecule has 0 radical (unpaired) electrons. The Kier molecular flexibility index (Phi) is 5.17. The molecule has 0 heterocycles. The minimum Gasteiger partial charge on any atom is -0.497 e. The zero-order valence-corrected chi connectivity index (χ0v) is 10.2. The van der Waals surface area contributed by atoms with Crippen LogP contribution in [0.3, 0.4) is 0 Å². The summed E-state index contributed by atoms with van der Waals surface area (Å²) < 4.78 is 45.8. The standard InChI is InChI=1S/C12H10ClF3O2/c1-17-10-4-5-11(18-8-12(14,15)16)9(7-10)3-2-6-13/h4-5,7H,6,8H2,1H3. The summed E-state index contributed by atoms with van der Waals surface area (Å²) in [4.78, 5) is 0. The summed E-state index contributed by atoms with van der Waals surface area (Å²) in [6.07, 6.45) is -4.39. The Morgan fingerprint density at radius 3 is 2.61 bits per heavy atom. The van der Waals surface area contributed by atoms with Crippen LogP contribution in [0.15, 0.2) is 18.2 Å². The molecule has 1 aromatic rings. The van der Waals surface area contributed by atoms with Crippen LogP contribution in [0.5, 0.6) is 11.5 Å². The normalized spacial score (nSPS) is 10.5. The van der Waals surface area contributed by atoms with Gasteiger partial charge >= 0.3 is 6.18 Å². The van der Waals surface area contributed by atoms with Crippen molar-refractivity contribution in [1.82, 2.24) is 0 Å². The van der Waals surface area contributed by atoms with Crippen molar-refractivity contribution in [3.63, 3.8) is 0 Å². The summed E-state index contributed by atoms with van der Waals surface area (Å²) in [6.45, 7) is -1.37. The fourth-order valence-electron chi connectivity index (χ4n) is 1.15. The van der Waals surface area contributed by atoms with Gasteiger partial charge in [0.15, 0.2) is 6.61 Å². The van der Waals surface area contributed by atoms with E-state index in [1.54, 1.807) is 0 Å². The molecule has 0 atom stereocenters. The number of hydrogen-bond acceptors (Lipinski definition) is 2. The summed E-state index contributed by atoms with van der Waals surface area (Å²) in [5, 5.41) is 0. The molecule has 18 heavy (non-hydrogen) atoms. The topological polar surface area (TPSA) is 18.5 Å². The second-order valence-electron chi connectivity index (χ2n) is 3.20. The molecular weight excluding hydrogens is 269 g/mol. The molecule has 1 aromatic carbocycles. The maximum absolute atomic E-state index is 12.1. The van der Waals surface area contributed by atoms with Crippen LogP contribution in [-0.2, 0) is 0 Å². The van der Waals surface area contributed by atoms with Crippen molar-refractivity contribution in [3.05, 3.63) is 23.8 Å². The van der Waals surface area contributed by atoms with E-state index in [9.17, 15) is 13.2 Å². The summed E-state index contributed by atoms with van der Waals surface area (Å²) in [7, 11) is 1.45. The highest BCUT2D eigenvalue weighted by atomic mass is 35.5. The quantitative estimate of drug-likeness (QED) is 0.624. The molecule has 0 aromatic heterocycles. The zero-order valence-electron chi connectivity index (χ0n) is 9.47. The van der Waals surface area contributed by atoms with E-state index in [1.165, 1.54) is 25.3 Å².